The maximum Gasteiger partial charge on any atom is 0.127 e. The van der Waals surface area contributed by atoms with Crippen LogP contribution in [0.15, 0.2) is 18.2 Å². The van der Waals surface area contributed by atoms with E-state index in [1.54, 1.807) is 0 Å². The molecule has 1 saturated carbocycles. The minimum absolute atomic E-state index is 0.0912. The minimum Gasteiger partial charge on any atom is -0.326 e. The van der Waals surface area contributed by atoms with Gasteiger partial charge >= 0.3 is 0 Å². The summed E-state index contributed by atoms with van der Waals surface area (Å²) in [4.78, 5) is 4.73. The number of fused-ring (bicyclic) bond motifs is 1. The van der Waals surface area contributed by atoms with Crippen molar-refractivity contribution in [3.05, 3.63) is 29.0 Å². The maximum atomic E-state index is 6.38. The molecule has 3 rings (SSSR count). The van der Waals surface area contributed by atoms with Crippen molar-refractivity contribution in [2.75, 3.05) is 0 Å². The first-order chi connectivity index (χ1) is 10.0. The van der Waals surface area contributed by atoms with Gasteiger partial charge in [-0.3, -0.25) is 0 Å². The van der Waals surface area contributed by atoms with E-state index in [2.05, 4.69) is 17.6 Å². The zero-order valence-corrected chi connectivity index (χ0v) is 14.2. The first-order valence-electron chi connectivity index (χ1n) is 7.84. The van der Waals surface area contributed by atoms with Crippen LogP contribution in [0.2, 0.25) is 5.02 Å². The van der Waals surface area contributed by atoms with Gasteiger partial charge in [0.15, 0.2) is 0 Å². The Bertz CT molecular complexity index is 640. The summed E-state index contributed by atoms with van der Waals surface area (Å²) < 4.78 is 2.33. The number of alkyl halides is 1. The zero-order chi connectivity index (χ0) is 15.0. The summed E-state index contributed by atoms with van der Waals surface area (Å²) in [6.45, 7) is 5.33. The third kappa shape index (κ3) is 2.80. The summed E-state index contributed by atoms with van der Waals surface area (Å²) in [5.74, 6) is 0.966. The van der Waals surface area contributed by atoms with Crippen LogP contribution in [0.25, 0.3) is 11.0 Å². The Labute approximate surface area is 136 Å². The number of aromatic nitrogens is 2. The molecule has 1 unspecified atom stereocenters. The largest absolute Gasteiger partial charge is 0.326 e. The molecule has 0 N–H and O–H groups in total. The van der Waals surface area contributed by atoms with Gasteiger partial charge < -0.3 is 4.57 Å². The third-order valence-corrected chi connectivity index (χ3v) is 5.43. The summed E-state index contributed by atoms with van der Waals surface area (Å²) in [6.07, 6.45) is 6.53. The van der Waals surface area contributed by atoms with Crippen LogP contribution in [-0.2, 0) is 6.54 Å². The van der Waals surface area contributed by atoms with Crippen LogP contribution in [-0.4, -0.2) is 9.55 Å². The Hall–Kier alpha value is -0.730. The maximum absolute atomic E-state index is 6.38. The average Bonchev–Trinajstić information content (AvgIpc) is 3.05. The molecule has 1 atom stereocenters. The van der Waals surface area contributed by atoms with Gasteiger partial charge in [-0.25, -0.2) is 4.98 Å². The molecule has 1 heterocycles. The van der Waals surface area contributed by atoms with Crippen LogP contribution >= 0.6 is 23.2 Å². The lowest BCUT2D eigenvalue weighted by molar-refractivity contribution is 0.237. The lowest BCUT2D eigenvalue weighted by atomic mass is 9.83. The number of benzene rings is 1. The molecule has 0 spiro atoms. The lowest BCUT2D eigenvalue weighted by Gasteiger charge is -2.29. The molecular weight excluding hydrogens is 303 g/mol. The van der Waals surface area contributed by atoms with Crippen molar-refractivity contribution in [2.45, 2.75) is 57.9 Å². The van der Waals surface area contributed by atoms with Gasteiger partial charge in [-0.05, 0) is 49.8 Å². The van der Waals surface area contributed by atoms with E-state index in [0.717, 1.165) is 28.4 Å². The second-order valence-electron chi connectivity index (χ2n) is 6.37. The monoisotopic (exact) mass is 324 g/mol. The lowest BCUT2D eigenvalue weighted by Crippen LogP contribution is -2.24. The van der Waals surface area contributed by atoms with E-state index < -0.39 is 0 Å². The quantitative estimate of drug-likeness (QED) is 0.634. The summed E-state index contributed by atoms with van der Waals surface area (Å²) in [7, 11) is 0. The highest BCUT2D eigenvalue weighted by Crippen LogP contribution is 2.43. The Morgan fingerprint density at radius 3 is 2.67 bits per heavy atom. The fraction of sp³-hybridized carbons (Fsp3) is 0.588. The molecule has 4 heteroatoms. The highest BCUT2D eigenvalue weighted by Gasteiger charge is 2.33. The molecule has 1 fully saturated rings. The second kappa shape index (κ2) is 5.81. The normalized spacial score (nSPS) is 19.2. The molecule has 1 aromatic heterocycles. The highest BCUT2D eigenvalue weighted by atomic mass is 35.5. The molecule has 21 heavy (non-hydrogen) atoms. The summed E-state index contributed by atoms with van der Waals surface area (Å²) in [6, 6.07) is 5.95. The van der Waals surface area contributed by atoms with Gasteiger partial charge in [-0.2, -0.15) is 0 Å². The average molecular weight is 325 g/mol. The Morgan fingerprint density at radius 1 is 1.33 bits per heavy atom. The van der Waals surface area contributed by atoms with Gasteiger partial charge in [0, 0.05) is 11.6 Å². The van der Waals surface area contributed by atoms with Crippen LogP contribution in [0, 0.1) is 5.41 Å². The molecule has 0 amide bonds. The van der Waals surface area contributed by atoms with E-state index in [-0.39, 0.29) is 5.38 Å². The summed E-state index contributed by atoms with van der Waals surface area (Å²) in [5, 5.41) is 0.637. The van der Waals surface area contributed by atoms with Crippen LogP contribution in [0.1, 0.15) is 57.2 Å². The van der Waals surface area contributed by atoms with Crippen LogP contribution in [0.5, 0.6) is 0 Å². The predicted octanol–water partition coefficient (Wildman–Crippen LogP) is 5.96. The number of imidazole rings is 1. The molecule has 1 aromatic carbocycles. The molecule has 0 saturated heterocycles. The van der Waals surface area contributed by atoms with Gasteiger partial charge in [0.2, 0.25) is 0 Å². The number of hydrogen-bond acceptors (Lipinski definition) is 1. The van der Waals surface area contributed by atoms with Crippen molar-refractivity contribution in [1.29, 1.82) is 0 Å². The second-order valence-corrected chi connectivity index (χ2v) is 7.46. The highest BCUT2D eigenvalue weighted by molar-refractivity contribution is 6.31. The minimum atomic E-state index is -0.0912. The first kappa shape index (κ1) is 15.2. The topological polar surface area (TPSA) is 17.8 Å². The van der Waals surface area contributed by atoms with Crippen LogP contribution in [0.3, 0.4) is 0 Å². The van der Waals surface area contributed by atoms with Crippen LogP contribution in [0.4, 0.5) is 0 Å². The molecule has 0 radical (unpaired) electrons. The van der Waals surface area contributed by atoms with E-state index >= 15 is 0 Å². The number of halogens is 2. The fourth-order valence-corrected chi connectivity index (χ4v) is 4.01. The Balaban J connectivity index is 2.09. The number of hydrogen-bond donors (Lipinski definition) is 0. The first-order valence-corrected chi connectivity index (χ1v) is 8.66. The Morgan fingerprint density at radius 2 is 2.05 bits per heavy atom. The molecule has 0 aliphatic heterocycles. The van der Waals surface area contributed by atoms with Crippen molar-refractivity contribution in [1.82, 2.24) is 9.55 Å². The molecular formula is C17H22Cl2N2. The zero-order valence-electron chi connectivity index (χ0n) is 12.7. The molecule has 1 aliphatic rings. The summed E-state index contributed by atoms with van der Waals surface area (Å²) >= 11 is 12.5. The predicted molar refractivity (Wildman–Crippen MR) is 90.2 cm³/mol. The fourth-order valence-electron chi connectivity index (χ4n) is 3.68. The van der Waals surface area contributed by atoms with Gasteiger partial charge in [0.1, 0.15) is 5.82 Å². The van der Waals surface area contributed by atoms with Crippen molar-refractivity contribution >= 4 is 34.2 Å². The van der Waals surface area contributed by atoms with Crippen LogP contribution < -0.4 is 0 Å². The van der Waals surface area contributed by atoms with Gasteiger partial charge in [-0.15, -0.1) is 11.6 Å². The molecule has 1 aliphatic carbocycles. The molecule has 2 nitrogen and oxygen atoms in total. The number of rotatable bonds is 4. The summed E-state index contributed by atoms with van der Waals surface area (Å²) in [5.41, 5.74) is 2.52. The third-order valence-electron chi connectivity index (χ3n) is 5.00. The van der Waals surface area contributed by atoms with Gasteiger partial charge in [0.25, 0.3) is 0 Å². The SMILES string of the molecule is CCC1(Cn2c(C(C)Cl)nc3cc(Cl)ccc32)CCCC1. The van der Waals surface area contributed by atoms with Crippen molar-refractivity contribution in [3.8, 4) is 0 Å². The van der Waals surface area contributed by atoms with Crippen molar-refractivity contribution in [2.24, 2.45) is 5.41 Å². The smallest absolute Gasteiger partial charge is 0.127 e. The van der Waals surface area contributed by atoms with E-state index in [9.17, 15) is 0 Å². The van der Waals surface area contributed by atoms with Gasteiger partial charge in [-0.1, -0.05) is 31.4 Å². The van der Waals surface area contributed by atoms with E-state index in [4.69, 9.17) is 28.2 Å². The van der Waals surface area contributed by atoms with Gasteiger partial charge in [0.05, 0.1) is 16.4 Å². The van der Waals surface area contributed by atoms with E-state index in [0.29, 0.717) is 5.41 Å². The molecule has 0 bridgehead atoms. The van der Waals surface area contributed by atoms with Crippen molar-refractivity contribution in [3.63, 3.8) is 0 Å². The standard InChI is InChI=1S/C17H22Cl2N2/c1-3-17(8-4-5-9-17)11-21-15-7-6-13(19)10-14(15)20-16(21)12(2)18/h6-7,10,12H,3-5,8-9,11H2,1-2H3. The number of nitrogens with zero attached hydrogens (tertiary/aromatic N) is 2. The Kier molecular flexibility index (Phi) is 4.20. The van der Waals surface area contributed by atoms with E-state index in [1.165, 1.54) is 32.1 Å². The molecule has 114 valence electrons. The molecule has 2 aromatic rings. The van der Waals surface area contributed by atoms with Crippen molar-refractivity contribution < 1.29 is 0 Å². The van der Waals surface area contributed by atoms with E-state index in [1.807, 2.05) is 19.1 Å².